The smallest absolute Gasteiger partial charge is 0.144 e. The molecule has 0 nitrogen and oxygen atoms in total. The minimum atomic E-state index is -0.262. The lowest BCUT2D eigenvalue weighted by molar-refractivity contribution is 0.597. The van der Waals surface area contributed by atoms with E-state index in [1.165, 1.54) is 0 Å². The van der Waals surface area contributed by atoms with Crippen molar-refractivity contribution in [1.82, 2.24) is 0 Å². The monoisotopic (exact) mass is 292 g/mol. The summed E-state index contributed by atoms with van der Waals surface area (Å²) in [4.78, 5) is 0.541. The van der Waals surface area contributed by atoms with Crippen molar-refractivity contribution in [2.75, 3.05) is 0 Å². The summed E-state index contributed by atoms with van der Waals surface area (Å²) in [6, 6.07) is 5.18. The Labute approximate surface area is 104 Å². The third-order valence-corrected chi connectivity index (χ3v) is 3.84. The Morgan fingerprint density at radius 2 is 2.20 bits per heavy atom. The highest BCUT2D eigenvalue weighted by atomic mass is 79.9. The first-order valence-electron chi connectivity index (χ1n) is 5.22. The average Bonchev–Trinajstić information content (AvgIpc) is 2.24. The molecule has 1 aromatic carbocycles. The average molecular weight is 294 g/mol. The van der Waals surface area contributed by atoms with Gasteiger partial charge in [-0.2, -0.15) is 0 Å². The Kier molecular flexibility index (Phi) is 5.62. The van der Waals surface area contributed by atoms with Crippen LogP contribution in [-0.4, -0.2) is 4.83 Å². The van der Waals surface area contributed by atoms with E-state index < -0.39 is 0 Å². The Bertz CT molecular complexity index is 314. The largest absolute Gasteiger partial charge is 0.205 e. The van der Waals surface area contributed by atoms with Gasteiger partial charge >= 0.3 is 0 Å². The lowest BCUT2D eigenvalue weighted by atomic mass is 10.1. The van der Waals surface area contributed by atoms with E-state index in [2.05, 4.69) is 22.9 Å². The summed E-state index contributed by atoms with van der Waals surface area (Å²) < 4.78 is 13.5. The van der Waals surface area contributed by atoms with E-state index in [4.69, 9.17) is 11.6 Å². The highest BCUT2D eigenvalue weighted by Crippen LogP contribution is 2.20. The normalized spacial score (nSPS) is 12.8. The molecule has 1 atom stereocenters. The fourth-order valence-corrected chi connectivity index (χ4v) is 1.98. The fourth-order valence-electron chi connectivity index (χ4n) is 1.46. The predicted molar refractivity (Wildman–Crippen MR) is 67.4 cm³/mol. The summed E-state index contributed by atoms with van der Waals surface area (Å²) in [6.45, 7) is 2.14. The van der Waals surface area contributed by atoms with Crippen LogP contribution in [0.2, 0.25) is 5.02 Å². The summed E-state index contributed by atoms with van der Waals surface area (Å²) in [7, 11) is 0. The number of alkyl halides is 1. The van der Waals surface area contributed by atoms with Crippen LogP contribution < -0.4 is 0 Å². The molecule has 0 aliphatic heterocycles. The summed E-state index contributed by atoms with van der Waals surface area (Å²) >= 11 is 9.26. The summed E-state index contributed by atoms with van der Waals surface area (Å²) in [5.41, 5.74) is 0.721. The van der Waals surface area contributed by atoms with E-state index in [9.17, 15) is 4.39 Å². The Morgan fingerprint density at radius 1 is 1.47 bits per heavy atom. The molecule has 15 heavy (non-hydrogen) atoms. The van der Waals surface area contributed by atoms with Crippen LogP contribution >= 0.6 is 27.5 Å². The van der Waals surface area contributed by atoms with Gasteiger partial charge in [-0.05, 0) is 37.3 Å². The zero-order chi connectivity index (χ0) is 11.3. The molecule has 1 rings (SSSR count). The predicted octanol–water partition coefficient (Wildman–Crippen LogP) is 4.98. The molecule has 3 heteroatoms. The quantitative estimate of drug-likeness (QED) is 0.672. The minimum absolute atomic E-state index is 0.221. The Balaban J connectivity index is 2.47. The highest BCUT2D eigenvalue weighted by Gasteiger charge is 2.07. The van der Waals surface area contributed by atoms with Crippen LogP contribution in [0.25, 0.3) is 0 Å². The minimum Gasteiger partial charge on any atom is -0.205 e. The lowest BCUT2D eigenvalue weighted by Gasteiger charge is -2.07. The van der Waals surface area contributed by atoms with Crippen LogP contribution in [0.1, 0.15) is 31.7 Å². The molecule has 0 aliphatic carbocycles. The molecule has 0 heterocycles. The molecule has 0 amide bonds. The lowest BCUT2D eigenvalue weighted by Crippen LogP contribution is -1.98. The molecule has 0 aliphatic rings. The summed E-state index contributed by atoms with van der Waals surface area (Å²) in [6.07, 6.45) is 3.93. The van der Waals surface area contributed by atoms with Crippen LogP contribution in [0.3, 0.4) is 0 Å². The van der Waals surface area contributed by atoms with Gasteiger partial charge in [0, 0.05) is 4.83 Å². The molecule has 0 saturated carbocycles. The molecule has 0 aromatic heterocycles. The highest BCUT2D eigenvalue weighted by molar-refractivity contribution is 9.09. The topological polar surface area (TPSA) is 0 Å². The van der Waals surface area contributed by atoms with Crippen molar-refractivity contribution in [1.29, 1.82) is 0 Å². The van der Waals surface area contributed by atoms with E-state index >= 15 is 0 Å². The molecule has 0 saturated heterocycles. The summed E-state index contributed by atoms with van der Waals surface area (Å²) in [5.74, 6) is -0.262. The van der Waals surface area contributed by atoms with E-state index in [-0.39, 0.29) is 10.8 Å². The SMILES string of the molecule is CCC(Br)CCCc1cccc(Cl)c1F. The van der Waals surface area contributed by atoms with Crippen LogP contribution in [0.5, 0.6) is 0 Å². The third kappa shape index (κ3) is 4.12. The second kappa shape index (κ2) is 6.49. The van der Waals surface area contributed by atoms with Gasteiger partial charge in [0.2, 0.25) is 0 Å². The van der Waals surface area contributed by atoms with Crippen LogP contribution in [-0.2, 0) is 6.42 Å². The van der Waals surface area contributed by atoms with Crippen molar-refractivity contribution < 1.29 is 4.39 Å². The molecule has 0 N–H and O–H groups in total. The number of benzene rings is 1. The van der Waals surface area contributed by atoms with Crippen molar-refractivity contribution in [2.24, 2.45) is 0 Å². The molecule has 0 bridgehead atoms. The van der Waals surface area contributed by atoms with E-state index in [1.54, 1.807) is 18.2 Å². The molecular formula is C12H15BrClF. The van der Waals surface area contributed by atoms with Crippen LogP contribution in [0.4, 0.5) is 4.39 Å². The molecule has 1 unspecified atom stereocenters. The second-order valence-corrected chi connectivity index (χ2v) is 5.31. The molecular weight excluding hydrogens is 278 g/mol. The molecule has 1 aromatic rings. The Hall–Kier alpha value is -0.0800. The maximum Gasteiger partial charge on any atom is 0.144 e. The van der Waals surface area contributed by atoms with Crippen molar-refractivity contribution in [3.63, 3.8) is 0 Å². The van der Waals surface area contributed by atoms with Gasteiger partial charge in [-0.15, -0.1) is 0 Å². The van der Waals surface area contributed by atoms with Crippen molar-refractivity contribution in [3.05, 3.63) is 34.6 Å². The van der Waals surface area contributed by atoms with Crippen LogP contribution in [0, 0.1) is 5.82 Å². The van der Waals surface area contributed by atoms with E-state index in [0.717, 1.165) is 31.2 Å². The molecule has 0 spiro atoms. The van der Waals surface area contributed by atoms with E-state index in [0.29, 0.717) is 4.83 Å². The number of hydrogen-bond acceptors (Lipinski definition) is 0. The van der Waals surface area contributed by atoms with Gasteiger partial charge in [0.25, 0.3) is 0 Å². The van der Waals surface area contributed by atoms with Crippen molar-refractivity contribution in [3.8, 4) is 0 Å². The molecule has 0 radical (unpaired) electrons. The van der Waals surface area contributed by atoms with Gasteiger partial charge in [-0.3, -0.25) is 0 Å². The molecule has 0 fully saturated rings. The number of rotatable bonds is 5. The molecule has 84 valence electrons. The van der Waals surface area contributed by atoms with Gasteiger partial charge in [0.15, 0.2) is 0 Å². The first-order valence-corrected chi connectivity index (χ1v) is 6.51. The summed E-state index contributed by atoms with van der Waals surface area (Å²) in [5, 5.41) is 0.221. The zero-order valence-electron chi connectivity index (χ0n) is 8.77. The first-order chi connectivity index (χ1) is 7.15. The fraction of sp³-hybridized carbons (Fsp3) is 0.500. The maximum absolute atomic E-state index is 13.5. The van der Waals surface area contributed by atoms with Gasteiger partial charge in [-0.25, -0.2) is 4.39 Å². The van der Waals surface area contributed by atoms with Gasteiger partial charge < -0.3 is 0 Å². The van der Waals surface area contributed by atoms with Crippen molar-refractivity contribution in [2.45, 2.75) is 37.4 Å². The van der Waals surface area contributed by atoms with Gasteiger partial charge in [0.1, 0.15) is 5.82 Å². The van der Waals surface area contributed by atoms with Gasteiger partial charge in [0.05, 0.1) is 5.02 Å². The third-order valence-electron chi connectivity index (χ3n) is 2.44. The standard InChI is InChI=1S/C12H15BrClF/c1-2-10(13)7-3-5-9-6-4-8-11(14)12(9)15/h4,6,8,10H,2-3,5,7H2,1H3. The maximum atomic E-state index is 13.5. The van der Waals surface area contributed by atoms with E-state index in [1.807, 2.05) is 0 Å². The Morgan fingerprint density at radius 3 is 2.87 bits per heavy atom. The van der Waals surface area contributed by atoms with Crippen LogP contribution in [0.15, 0.2) is 18.2 Å². The number of halogens is 3. The number of hydrogen-bond donors (Lipinski definition) is 0. The van der Waals surface area contributed by atoms with Gasteiger partial charge in [-0.1, -0.05) is 46.6 Å². The first kappa shape index (κ1) is 13.0. The number of aryl methyl sites for hydroxylation is 1. The van der Waals surface area contributed by atoms with Crippen molar-refractivity contribution >= 4 is 27.5 Å². The zero-order valence-corrected chi connectivity index (χ0v) is 11.1. The second-order valence-electron chi connectivity index (χ2n) is 3.61.